The molecular weight excluding hydrogens is 1190 g/mol. The molecule has 2 aliphatic rings. The van der Waals surface area contributed by atoms with Crippen LogP contribution in [-0.4, -0.2) is 0 Å². The maximum atomic E-state index is 7.82. The Morgan fingerprint density at radius 2 is 0.663 bits per heavy atom. The predicted octanol–water partition coefficient (Wildman–Crippen LogP) is 26.8. The summed E-state index contributed by atoms with van der Waals surface area (Å²) in [6.07, 6.45) is 0. The monoisotopic (exact) mass is 1290 g/mol. The van der Waals surface area contributed by atoms with Gasteiger partial charge in [-0.05, 0) is 207 Å². The van der Waals surface area contributed by atoms with Crippen LogP contribution in [0.25, 0.3) is 44.2 Å². The first-order valence-corrected chi connectivity index (χ1v) is 35.5. The second kappa shape index (κ2) is 23.1. The molecule has 0 radical (unpaired) electrons. The van der Waals surface area contributed by atoms with Crippen LogP contribution >= 0.6 is 0 Å². The summed E-state index contributed by atoms with van der Waals surface area (Å²) in [4.78, 5) is 5.09. The van der Waals surface area contributed by atoms with Crippen molar-refractivity contribution in [3.63, 3.8) is 0 Å². The van der Waals surface area contributed by atoms with E-state index in [-0.39, 0.29) is 32.5 Å². The first-order valence-electron chi connectivity index (χ1n) is 35.5. The summed E-state index contributed by atoms with van der Waals surface area (Å²) in [6.45, 7) is 46.3. The molecule has 0 N–H and O–H groups in total. The van der Waals surface area contributed by atoms with E-state index < -0.39 is 10.8 Å². The lowest BCUT2D eigenvalue weighted by Gasteiger charge is -2.38. The van der Waals surface area contributed by atoms with E-state index in [9.17, 15) is 0 Å². The van der Waals surface area contributed by atoms with Crippen molar-refractivity contribution in [3.8, 4) is 33.8 Å². The number of ether oxygens (including phenoxy) is 1. The molecule has 11 aromatic carbocycles. The molecule has 1 heterocycles. The number of benzene rings is 11. The van der Waals surface area contributed by atoms with Crippen LogP contribution in [0.5, 0.6) is 11.5 Å². The second-order valence-electron chi connectivity index (χ2n) is 34.7. The molecule has 14 rings (SSSR count). The van der Waals surface area contributed by atoms with Gasteiger partial charge in [-0.3, -0.25) is 0 Å². The van der Waals surface area contributed by atoms with Crippen LogP contribution in [0.2, 0.25) is 0 Å². The van der Waals surface area contributed by atoms with Gasteiger partial charge in [-0.15, -0.1) is 0 Å². The molecule has 4 nitrogen and oxygen atoms in total. The fraction of sp³-hybridized carbons (Fsp3) is 0.298. The molecule has 1 atom stereocenters. The maximum absolute atomic E-state index is 7.82. The van der Waals surface area contributed by atoms with Gasteiger partial charge in [0.25, 0.3) is 0 Å². The molecule has 0 bridgehead atoms. The Bertz CT molecular complexity index is 4890. The number of anilines is 6. The Labute approximate surface area is 584 Å². The Balaban J connectivity index is 1.18. The van der Waals surface area contributed by atoms with E-state index in [2.05, 4.69) is 379 Å². The first-order chi connectivity index (χ1) is 46.1. The highest BCUT2D eigenvalue weighted by atomic mass is 16.5. The number of furan rings is 1. The van der Waals surface area contributed by atoms with Gasteiger partial charge in [0.15, 0.2) is 0 Å². The van der Waals surface area contributed by atoms with Crippen molar-refractivity contribution >= 4 is 56.1 Å². The van der Waals surface area contributed by atoms with Crippen LogP contribution in [0.4, 0.5) is 34.1 Å². The Kier molecular flexibility index (Phi) is 15.5. The van der Waals surface area contributed by atoms with E-state index in [1.807, 2.05) is 0 Å². The summed E-state index contributed by atoms with van der Waals surface area (Å²) in [5.74, 6) is 1.56. The van der Waals surface area contributed by atoms with Gasteiger partial charge >= 0.3 is 0 Å². The maximum Gasteiger partial charge on any atom is 0.145 e. The molecule has 1 aromatic heterocycles. The Hall–Kier alpha value is -9.38. The van der Waals surface area contributed by atoms with Gasteiger partial charge in [0.1, 0.15) is 22.7 Å². The topological polar surface area (TPSA) is 28.9 Å². The zero-order chi connectivity index (χ0) is 69.6. The number of hydrogen-bond acceptors (Lipinski definition) is 4. The summed E-state index contributed by atoms with van der Waals surface area (Å²) < 4.78 is 14.7. The van der Waals surface area contributed by atoms with Crippen molar-refractivity contribution in [2.45, 2.75) is 182 Å². The molecule has 496 valence electrons. The van der Waals surface area contributed by atoms with E-state index in [1.54, 1.807) is 0 Å². The largest absolute Gasteiger partial charge is 0.457 e. The van der Waals surface area contributed by atoms with Crippen LogP contribution < -0.4 is 14.5 Å². The van der Waals surface area contributed by atoms with E-state index >= 15 is 0 Å². The summed E-state index contributed by atoms with van der Waals surface area (Å²) >= 11 is 0. The van der Waals surface area contributed by atoms with Crippen LogP contribution in [-0.2, 0) is 43.3 Å². The molecular formula is C94H98N2O2. The average Bonchev–Trinajstić information content (AvgIpc) is 1.49. The third kappa shape index (κ3) is 11.2. The number of fused-ring (bicyclic) bond motifs is 11. The normalized spacial score (nSPS) is 15.3. The van der Waals surface area contributed by atoms with Crippen LogP contribution in [0.1, 0.15) is 205 Å². The van der Waals surface area contributed by atoms with Crippen molar-refractivity contribution in [1.82, 2.24) is 0 Å². The SMILES string of the molecule is CC(C)(C)c1ccc(Oc2ccc(C3(c4ccc(C(C)(C)C)cc4)c4cc(N(c5ccc(C(C)(C)C)cc5)c5ccc(C(C)(C)C)cc5)c5c(c4-c4c3cc(N(c3ccc(C(C)(C)C)cc3)c3ccc(C(C)(C)C)cc3)c3c4oc4ccccc43)-c3ccccc3C5(C)C)cc2)cc1. The van der Waals surface area contributed by atoms with Gasteiger partial charge in [0, 0.05) is 39.1 Å². The highest BCUT2D eigenvalue weighted by Crippen LogP contribution is 2.68. The number of nitrogens with zero attached hydrogens (tertiary/aromatic N) is 2. The van der Waals surface area contributed by atoms with E-state index in [0.29, 0.717) is 0 Å². The molecule has 2 aliphatic carbocycles. The molecule has 0 aliphatic heterocycles. The minimum Gasteiger partial charge on any atom is -0.457 e. The van der Waals surface area contributed by atoms with Gasteiger partial charge in [-0.2, -0.15) is 0 Å². The number of hydrogen-bond donors (Lipinski definition) is 0. The second-order valence-corrected chi connectivity index (χ2v) is 34.7. The molecule has 98 heavy (non-hydrogen) atoms. The predicted molar refractivity (Wildman–Crippen MR) is 417 cm³/mol. The average molecular weight is 1290 g/mol. The van der Waals surface area contributed by atoms with Crippen molar-refractivity contribution in [3.05, 3.63) is 297 Å². The lowest BCUT2D eigenvalue weighted by Crippen LogP contribution is -2.30. The zero-order valence-electron chi connectivity index (χ0n) is 61.7. The summed E-state index contributed by atoms with van der Waals surface area (Å²) in [5.41, 5.74) is 25.9. The molecule has 0 amide bonds. The van der Waals surface area contributed by atoms with Crippen molar-refractivity contribution < 1.29 is 9.15 Å². The highest BCUT2D eigenvalue weighted by molar-refractivity contribution is 6.21. The lowest BCUT2D eigenvalue weighted by atomic mass is 9.66. The fourth-order valence-corrected chi connectivity index (χ4v) is 15.7. The van der Waals surface area contributed by atoms with E-state index in [4.69, 9.17) is 9.15 Å². The van der Waals surface area contributed by atoms with Gasteiger partial charge in [-0.1, -0.05) is 278 Å². The molecule has 0 spiro atoms. The minimum absolute atomic E-state index is 0.00860. The number of para-hydroxylation sites is 1. The standard InChI is InChI=1S/C94H98N2O2/c1-87(2,3)59-29-31-65(32-30-59)94(66-43-55-72(56-44-66)97-71-53-41-64(42-54-71)92(16,17)18)76-58-79(96(69-49-37-62(38-50-69)90(10,11)12)70-51-39-63(40-52-70)91(13,14)15)85-82(73-25-21-23-27-75(73)93(85,19)20)83(76)84-77(94)57-78(81-74-26-22-24-28-80(74)98-86(81)84)95(67-45-33-60(34-46-67)88(4,5)6)68-47-35-61(36-48-68)89(7,8)9/h21-58H,1-20H3. The van der Waals surface area contributed by atoms with Crippen LogP contribution in [0.15, 0.2) is 235 Å². The molecule has 4 heteroatoms. The first kappa shape index (κ1) is 65.9. The third-order valence-electron chi connectivity index (χ3n) is 21.4. The van der Waals surface area contributed by atoms with Crippen LogP contribution in [0, 0.1) is 0 Å². The summed E-state index contributed by atoms with van der Waals surface area (Å²) in [6, 6.07) is 88.0. The smallest absolute Gasteiger partial charge is 0.145 e. The van der Waals surface area contributed by atoms with Crippen molar-refractivity contribution in [2.24, 2.45) is 0 Å². The van der Waals surface area contributed by atoms with E-state index in [0.717, 1.165) is 89.8 Å². The summed E-state index contributed by atoms with van der Waals surface area (Å²) in [5, 5.41) is 2.12. The molecule has 12 aromatic rings. The van der Waals surface area contributed by atoms with Crippen LogP contribution in [0.3, 0.4) is 0 Å². The lowest BCUT2D eigenvalue weighted by molar-refractivity contribution is 0.481. The number of rotatable bonds is 10. The van der Waals surface area contributed by atoms with E-state index in [1.165, 1.54) is 66.8 Å². The fourth-order valence-electron chi connectivity index (χ4n) is 15.7. The molecule has 0 saturated carbocycles. The van der Waals surface area contributed by atoms with Gasteiger partial charge < -0.3 is 19.0 Å². The molecule has 0 saturated heterocycles. The molecule has 1 unspecified atom stereocenters. The van der Waals surface area contributed by atoms with Gasteiger partial charge in [-0.25, -0.2) is 0 Å². The highest BCUT2D eigenvalue weighted by Gasteiger charge is 2.53. The Morgan fingerprint density at radius 1 is 0.327 bits per heavy atom. The summed E-state index contributed by atoms with van der Waals surface area (Å²) in [7, 11) is 0. The minimum atomic E-state index is -1.00. The molecule has 0 fully saturated rings. The van der Waals surface area contributed by atoms with Crippen molar-refractivity contribution in [1.29, 1.82) is 0 Å². The zero-order valence-corrected chi connectivity index (χ0v) is 61.7. The quantitative estimate of drug-likeness (QED) is 0.136. The van der Waals surface area contributed by atoms with Crippen molar-refractivity contribution in [2.75, 3.05) is 9.80 Å². The third-order valence-corrected chi connectivity index (χ3v) is 21.4. The van der Waals surface area contributed by atoms with Gasteiger partial charge in [0.2, 0.25) is 0 Å². The Morgan fingerprint density at radius 3 is 1.09 bits per heavy atom. The van der Waals surface area contributed by atoms with Gasteiger partial charge in [0.05, 0.1) is 22.2 Å².